The summed E-state index contributed by atoms with van der Waals surface area (Å²) >= 11 is 3.17. The van der Waals surface area contributed by atoms with Crippen LogP contribution in [0.4, 0.5) is 0 Å². The molecule has 0 bridgehead atoms. The lowest BCUT2D eigenvalue weighted by Crippen LogP contribution is -2.29. The van der Waals surface area contributed by atoms with Crippen LogP contribution in [0.1, 0.15) is 5.89 Å². The number of hydrogen-bond donors (Lipinski definition) is 1. The second-order valence-corrected chi connectivity index (χ2v) is 4.63. The van der Waals surface area contributed by atoms with Crippen LogP contribution < -0.4 is 0 Å². The van der Waals surface area contributed by atoms with E-state index in [1.54, 1.807) is 12.1 Å². The number of aromatic nitrogens is 2. The summed E-state index contributed by atoms with van der Waals surface area (Å²) in [5, 5.41) is 16.4. The molecule has 7 nitrogen and oxygen atoms in total. The quantitative estimate of drug-likeness (QED) is 0.799. The molecule has 0 spiro atoms. The lowest BCUT2D eigenvalue weighted by Gasteiger charge is -2.14. The highest BCUT2D eigenvalue weighted by atomic mass is 79.9. The predicted molar refractivity (Wildman–Crippen MR) is 71.4 cm³/mol. The standard InChI is InChI=1S/C12H10BrN3O4/c1-2-5-16(7-11(17)18)6-10-14-15-12(20-10)8-3-4-9(13)19-8/h1,3-4H,5-7H2,(H,17,18). The van der Waals surface area contributed by atoms with Crippen LogP contribution in [0.15, 0.2) is 25.6 Å². The topological polar surface area (TPSA) is 92.6 Å². The molecule has 0 aromatic carbocycles. The molecule has 8 heteroatoms. The molecule has 0 saturated heterocycles. The van der Waals surface area contributed by atoms with E-state index in [0.29, 0.717) is 10.4 Å². The zero-order chi connectivity index (χ0) is 14.5. The van der Waals surface area contributed by atoms with E-state index < -0.39 is 5.97 Å². The Bertz CT molecular complexity index is 643. The molecule has 0 radical (unpaired) electrons. The molecule has 2 aromatic rings. The van der Waals surface area contributed by atoms with Gasteiger partial charge in [0.05, 0.1) is 19.6 Å². The van der Waals surface area contributed by atoms with Crippen molar-refractivity contribution < 1.29 is 18.7 Å². The molecule has 0 amide bonds. The van der Waals surface area contributed by atoms with Gasteiger partial charge in [0.1, 0.15) is 0 Å². The van der Waals surface area contributed by atoms with Gasteiger partial charge >= 0.3 is 5.97 Å². The normalized spacial score (nSPS) is 10.7. The van der Waals surface area contributed by atoms with Crippen molar-refractivity contribution in [3.8, 4) is 24.0 Å². The molecule has 104 valence electrons. The first-order chi connectivity index (χ1) is 9.58. The number of halogens is 1. The van der Waals surface area contributed by atoms with Crippen LogP contribution >= 0.6 is 15.9 Å². The molecular formula is C12H10BrN3O4. The van der Waals surface area contributed by atoms with E-state index in [0.717, 1.165) is 0 Å². The second-order valence-electron chi connectivity index (χ2n) is 3.85. The fourth-order valence-corrected chi connectivity index (χ4v) is 1.83. The first-order valence-electron chi connectivity index (χ1n) is 5.54. The molecular weight excluding hydrogens is 330 g/mol. The Morgan fingerprint density at radius 3 is 2.85 bits per heavy atom. The summed E-state index contributed by atoms with van der Waals surface area (Å²) in [5.41, 5.74) is 0. The van der Waals surface area contributed by atoms with Crippen LogP contribution in [0.2, 0.25) is 0 Å². The third-order valence-electron chi connectivity index (χ3n) is 2.28. The molecule has 0 saturated carbocycles. The Kier molecular flexibility index (Phi) is 4.55. The Hall–Kier alpha value is -2.11. The maximum Gasteiger partial charge on any atom is 0.317 e. The lowest BCUT2D eigenvalue weighted by atomic mass is 10.4. The Morgan fingerprint density at radius 1 is 1.45 bits per heavy atom. The van der Waals surface area contributed by atoms with Crippen LogP contribution in [0.25, 0.3) is 11.7 Å². The highest BCUT2D eigenvalue weighted by Crippen LogP contribution is 2.23. The zero-order valence-corrected chi connectivity index (χ0v) is 11.8. The lowest BCUT2D eigenvalue weighted by molar-refractivity contribution is -0.138. The number of rotatable bonds is 6. The SMILES string of the molecule is C#CCN(CC(=O)O)Cc1nnc(-c2ccc(Br)o2)o1. The van der Waals surface area contributed by atoms with Crippen molar-refractivity contribution in [3.63, 3.8) is 0 Å². The van der Waals surface area contributed by atoms with Crippen LogP contribution in [0, 0.1) is 12.3 Å². The Labute approximate surface area is 122 Å². The van der Waals surface area contributed by atoms with E-state index in [-0.39, 0.29) is 31.4 Å². The third-order valence-corrected chi connectivity index (χ3v) is 2.71. The average molecular weight is 340 g/mol. The van der Waals surface area contributed by atoms with E-state index in [1.165, 1.54) is 4.90 Å². The maximum atomic E-state index is 10.7. The number of carbonyl (C=O) groups is 1. The van der Waals surface area contributed by atoms with Gasteiger partial charge in [-0.2, -0.15) is 0 Å². The number of furan rings is 1. The molecule has 2 heterocycles. The van der Waals surface area contributed by atoms with Gasteiger partial charge in [0.2, 0.25) is 5.89 Å². The monoisotopic (exact) mass is 339 g/mol. The van der Waals surface area contributed by atoms with Crippen LogP contribution in [-0.2, 0) is 11.3 Å². The summed E-state index contributed by atoms with van der Waals surface area (Å²) in [4.78, 5) is 12.2. The largest absolute Gasteiger partial charge is 0.480 e. The average Bonchev–Trinajstić information content (AvgIpc) is 2.97. The Morgan fingerprint density at radius 2 is 2.25 bits per heavy atom. The van der Waals surface area contributed by atoms with Gasteiger partial charge in [0.25, 0.3) is 5.89 Å². The molecule has 0 unspecified atom stereocenters. The van der Waals surface area contributed by atoms with Crippen molar-refractivity contribution in [2.45, 2.75) is 6.54 Å². The summed E-state index contributed by atoms with van der Waals surface area (Å²) < 4.78 is 11.2. The Balaban J connectivity index is 2.08. The molecule has 2 rings (SSSR count). The summed E-state index contributed by atoms with van der Waals surface area (Å²) in [5.74, 6) is 2.33. The van der Waals surface area contributed by atoms with Gasteiger partial charge in [0.15, 0.2) is 10.4 Å². The number of aliphatic carboxylic acids is 1. The van der Waals surface area contributed by atoms with Crippen molar-refractivity contribution in [1.82, 2.24) is 15.1 Å². The van der Waals surface area contributed by atoms with Crippen LogP contribution in [-0.4, -0.2) is 39.3 Å². The van der Waals surface area contributed by atoms with E-state index in [9.17, 15) is 4.79 Å². The molecule has 1 N–H and O–H groups in total. The molecule has 20 heavy (non-hydrogen) atoms. The van der Waals surface area contributed by atoms with Crippen molar-refractivity contribution in [1.29, 1.82) is 0 Å². The second kappa shape index (κ2) is 6.36. The third kappa shape index (κ3) is 3.69. The fraction of sp³-hybridized carbons (Fsp3) is 0.250. The molecule has 2 aromatic heterocycles. The molecule has 0 aliphatic heterocycles. The van der Waals surface area contributed by atoms with Crippen LogP contribution in [0.5, 0.6) is 0 Å². The minimum Gasteiger partial charge on any atom is -0.480 e. The van der Waals surface area contributed by atoms with Gasteiger partial charge < -0.3 is 13.9 Å². The summed E-state index contributed by atoms with van der Waals surface area (Å²) in [6, 6.07) is 3.38. The van der Waals surface area contributed by atoms with Crippen molar-refractivity contribution in [2.75, 3.05) is 13.1 Å². The first kappa shape index (κ1) is 14.3. The van der Waals surface area contributed by atoms with E-state index in [1.807, 2.05) is 0 Å². The number of carboxylic acids is 1. The van der Waals surface area contributed by atoms with Gasteiger partial charge in [-0.25, -0.2) is 0 Å². The fourth-order valence-electron chi connectivity index (χ4n) is 1.53. The number of hydrogen-bond acceptors (Lipinski definition) is 6. The van der Waals surface area contributed by atoms with Crippen molar-refractivity contribution in [2.24, 2.45) is 0 Å². The van der Waals surface area contributed by atoms with Crippen molar-refractivity contribution in [3.05, 3.63) is 22.7 Å². The number of carboxylic acid groups (broad SMARTS) is 1. The predicted octanol–water partition coefficient (Wildman–Crippen LogP) is 1.61. The van der Waals surface area contributed by atoms with Gasteiger partial charge in [-0.15, -0.1) is 16.6 Å². The van der Waals surface area contributed by atoms with E-state index in [2.05, 4.69) is 32.0 Å². The van der Waals surface area contributed by atoms with E-state index in [4.69, 9.17) is 20.4 Å². The van der Waals surface area contributed by atoms with Crippen molar-refractivity contribution >= 4 is 21.9 Å². The first-order valence-corrected chi connectivity index (χ1v) is 6.33. The smallest absolute Gasteiger partial charge is 0.317 e. The van der Waals surface area contributed by atoms with Gasteiger partial charge in [-0.3, -0.25) is 9.69 Å². The van der Waals surface area contributed by atoms with Gasteiger partial charge in [-0.05, 0) is 28.1 Å². The molecule has 0 aliphatic rings. The molecule has 0 aliphatic carbocycles. The molecule has 0 atom stereocenters. The summed E-state index contributed by atoms with van der Waals surface area (Å²) in [7, 11) is 0. The highest BCUT2D eigenvalue weighted by Gasteiger charge is 2.16. The van der Waals surface area contributed by atoms with E-state index >= 15 is 0 Å². The summed E-state index contributed by atoms with van der Waals surface area (Å²) in [6.07, 6.45) is 5.19. The number of nitrogens with zero attached hydrogens (tertiary/aromatic N) is 3. The molecule has 0 fully saturated rings. The summed E-state index contributed by atoms with van der Waals surface area (Å²) in [6.45, 7) is 0.135. The minimum absolute atomic E-state index is 0.158. The maximum absolute atomic E-state index is 10.7. The van der Waals surface area contributed by atoms with Crippen LogP contribution in [0.3, 0.4) is 0 Å². The number of terminal acetylenes is 1. The minimum atomic E-state index is -0.977. The van der Waals surface area contributed by atoms with Gasteiger partial charge in [-0.1, -0.05) is 5.92 Å². The van der Waals surface area contributed by atoms with Gasteiger partial charge in [0, 0.05) is 0 Å². The zero-order valence-electron chi connectivity index (χ0n) is 10.2. The highest BCUT2D eigenvalue weighted by molar-refractivity contribution is 9.10.